The van der Waals surface area contributed by atoms with E-state index in [1.54, 1.807) is 0 Å². The first-order valence-electron chi connectivity index (χ1n) is 11.5. The summed E-state index contributed by atoms with van der Waals surface area (Å²) in [5, 5.41) is 7.84. The third-order valence-corrected chi connectivity index (χ3v) is 5.98. The minimum atomic E-state index is -0.213. The summed E-state index contributed by atoms with van der Waals surface area (Å²) in [4.78, 5) is 16.5. The van der Waals surface area contributed by atoms with Gasteiger partial charge in [0.05, 0.1) is 5.69 Å². The second-order valence-corrected chi connectivity index (χ2v) is 8.70. The number of urea groups is 1. The molecule has 4 N–H and O–H groups in total. The molecule has 0 aliphatic heterocycles. The van der Waals surface area contributed by atoms with Crippen LogP contribution in [-0.2, 0) is 13.1 Å². The van der Waals surface area contributed by atoms with Crippen molar-refractivity contribution < 1.29 is 4.79 Å². The number of anilines is 1. The van der Waals surface area contributed by atoms with Crippen molar-refractivity contribution in [3.8, 4) is 0 Å². The van der Waals surface area contributed by atoms with E-state index in [-0.39, 0.29) is 6.03 Å². The van der Waals surface area contributed by atoms with Crippen LogP contribution in [0.25, 0.3) is 10.8 Å². The lowest BCUT2D eigenvalue weighted by Gasteiger charge is -2.11. The number of amides is 2. The highest BCUT2D eigenvalue weighted by molar-refractivity contribution is 6.01. The fraction of sp³-hybridized carbons (Fsp3) is 0.241. The van der Waals surface area contributed by atoms with E-state index in [2.05, 4.69) is 73.6 Å². The van der Waals surface area contributed by atoms with Crippen LogP contribution >= 0.6 is 0 Å². The number of benzene rings is 3. The van der Waals surface area contributed by atoms with Crippen LogP contribution in [0.4, 0.5) is 10.5 Å². The Balaban J connectivity index is 0.000000271. The minimum absolute atomic E-state index is 0.213. The van der Waals surface area contributed by atoms with Gasteiger partial charge in [-0.05, 0) is 80.1 Å². The van der Waals surface area contributed by atoms with Gasteiger partial charge in [0.15, 0.2) is 0 Å². The fourth-order valence-electron chi connectivity index (χ4n) is 3.58. The quantitative estimate of drug-likeness (QED) is 0.341. The molecule has 2 amide bonds. The van der Waals surface area contributed by atoms with Crippen molar-refractivity contribution in [1.82, 2.24) is 10.3 Å². The van der Waals surface area contributed by atoms with Crippen molar-refractivity contribution in [3.05, 3.63) is 106 Å². The summed E-state index contributed by atoms with van der Waals surface area (Å²) in [6, 6.07) is 20.1. The zero-order valence-corrected chi connectivity index (χ0v) is 20.7. The summed E-state index contributed by atoms with van der Waals surface area (Å²) < 4.78 is 0. The van der Waals surface area contributed by atoms with Crippen LogP contribution in [0.5, 0.6) is 0 Å². The Morgan fingerprint density at radius 3 is 2.12 bits per heavy atom. The maximum atomic E-state index is 12.2. The van der Waals surface area contributed by atoms with E-state index >= 15 is 0 Å². The topological polar surface area (TPSA) is 80.0 Å². The number of carbonyl (C=O) groups is 1. The largest absolute Gasteiger partial charge is 0.334 e. The first-order valence-corrected chi connectivity index (χ1v) is 11.5. The van der Waals surface area contributed by atoms with Crippen molar-refractivity contribution >= 4 is 22.5 Å². The number of fused-ring (bicyclic) bond motifs is 1. The molecule has 0 aliphatic carbocycles. The van der Waals surface area contributed by atoms with Crippen molar-refractivity contribution in [3.63, 3.8) is 0 Å². The predicted molar refractivity (Wildman–Crippen MR) is 142 cm³/mol. The average molecular weight is 455 g/mol. The highest BCUT2D eigenvalue weighted by Crippen LogP contribution is 2.23. The number of pyridine rings is 1. The molecule has 176 valence electrons. The molecular formula is C29H34N4O. The van der Waals surface area contributed by atoms with Crippen LogP contribution in [0, 0.1) is 34.6 Å². The molecule has 3 aromatic carbocycles. The van der Waals surface area contributed by atoms with E-state index < -0.39 is 0 Å². The first-order chi connectivity index (χ1) is 16.3. The van der Waals surface area contributed by atoms with Gasteiger partial charge in [-0.25, -0.2) is 4.79 Å². The number of aryl methyl sites for hydroxylation is 5. The SMILES string of the molecule is Cc1cc2c(NC(=O)NCc3ccc(C)c(C)c3)cccc2cn1.Cc1ccc(CN)cc1C. The Morgan fingerprint density at radius 2 is 1.47 bits per heavy atom. The molecule has 0 saturated carbocycles. The number of nitrogens with zero attached hydrogens (tertiary/aromatic N) is 1. The number of carbonyl (C=O) groups excluding carboxylic acids is 1. The maximum Gasteiger partial charge on any atom is 0.319 e. The van der Waals surface area contributed by atoms with Gasteiger partial charge in [0.1, 0.15) is 0 Å². The lowest BCUT2D eigenvalue weighted by Crippen LogP contribution is -2.28. The Morgan fingerprint density at radius 1 is 0.824 bits per heavy atom. The minimum Gasteiger partial charge on any atom is -0.334 e. The molecule has 4 rings (SSSR count). The van der Waals surface area contributed by atoms with Crippen molar-refractivity contribution in [2.45, 2.75) is 47.7 Å². The highest BCUT2D eigenvalue weighted by atomic mass is 16.2. The monoisotopic (exact) mass is 454 g/mol. The molecule has 0 radical (unpaired) electrons. The summed E-state index contributed by atoms with van der Waals surface area (Å²) in [6.07, 6.45) is 1.82. The molecule has 0 spiro atoms. The average Bonchev–Trinajstić information content (AvgIpc) is 2.82. The second kappa shape index (κ2) is 11.4. The highest BCUT2D eigenvalue weighted by Gasteiger charge is 2.06. The number of nitrogens with one attached hydrogen (secondary N) is 2. The molecular weight excluding hydrogens is 420 g/mol. The van der Waals surface area contributed by atoms with Gasteiger partial charge in [0.25, 0.3) is 0 Å². The molecule has 0 fully saturated rings. The summed E-state index contributed by atoms with van der Waals surface area (Å²) in [7, 11) is 0. The van der Waals surface area contributed by atoms with E-state index in [0.29, 0.717) is 13.1 Å². The summed E-state index contributed by atoms with van der Waals surface area (Å²) in [6.45, 7) is 11.4. The molecule has 1 aromatic heterocycles. The van der Waals surface area contributed by atoms with Crippen molar-refractivity contribution in [2.24, 2.45) is 5.73 Å². The Bertz CT molecular complexity index is 1300. The Labute approximate surface area is 202 Å². The normalized spacial score (nSPS) is 10.4. The molecule has 4 aromatic rings. The molecule has 1 heterocycles. The Hall–Kier alpha value is -3.70. The smallest absolute Gasteiger partial charge is 0.319 e. The summed E-state index contributed by atoms with van der Waals surface area (Å²) in [5.74, 6) is 0. The fourth-order valence-corrected chi connectivity index (χ4v) is 3.58. The summed E-state index contributed by atoms with van der Waals surface area (Å²) in [5.41, 5.74) is 14.6. The van der Waals surface area contributed by atoms with Crippen LogP contribution in [0.1, 0.15) is 39.1 Å². The molecule has 0 unspecified atom stereocenters. The van der Waals surface area contributed by atoms with Gasteiger partial charge >= 0.3 is 6.03 Å². The maximum absolute atomic E-state index is 12.2. The number of hydrogen-bond donors (Lipinski definition) is 3. The zero-order valence-electron chi connectivity index (χ0n) is 20.7. The van der Waals surface area contributed by atoms with Crippen molar-refractivity contribution in [2.75, 3.05) is 5.32 Å². The Kier molecular flexibility index (Phi) is 8.39. The van der Waals surface area contributed by atoms with Crippen LogP contribution in [0.15, 0.2) is 66.9 Å². The van der Waals surface area contributed by atoms with Gasteiger partial charge in [-0.1, -0.05) is 48.5 Å². The number of aromatic nitrogens is 1. The predicted octanol–water partition coefficient (Wildman–Crippen LogP) is 6.24. The van der Waals surface area contributed by atoms with E-state index in [1.165, 1.54) is 27.8 Å². The number of nitrogens with two attached hydrogens (primary N) is 1. The van der Waals surface area contributed by atoms with Crippen molar-refractivity contribution in [1.29, 1.82) is 0 Å². The van der Waals surface area contributed by atoms with Gasteiger partial charge < -0.3 is 16.4 Å². The van der Waals surface area contributed by atoms with Crippen LogP contribution in [-0.4, -0.2) is 11.0 Å². The lowest BCUT2D eigenvalue weighted by atomic mass is 10.1. The van der Waals surface area contributed by atoms with E-state index in [0.717, 1.165) is 27.7 Å². The van der Waals surface area contributed by atoms with E-state index in [1.807, 2.05) is 43.5 Å². The van der Waals surface area contributed by atoms with Crippen LogP contribution < -0.4 is 16.4 Å². The molecule has 0 aliphatic rings. The van der Waals surface area contributed by atoms with Gasteiger partial charge in [-0.2, -0.15) is 0 Å². The van der Waals surface area contributed by atoms with Crippen LogP contribution in [0.2, 0.25) is 0 Å². The third-order valence-electron chi connectivity index (χ3n) is 5.98. The summed E-state index contributed by atoms with van der Waals surface area (Å²) >= 11 is 0. The lowest BCUT2D eigenvalue weighted by molar-refractivity contribution is 0.252. The van der Waals surface area contributed by atoms with E-state index in [4.69, 9.17) is 5.73 Å². The van der Waals surface area contributed by atoms with Gasteiger partial charge in [0.2, 0.25) is 0 Å². The molecule has 0 atom stereocenters. The van der Waals surface area contributed by atoms with Gasteiger partial charge in [0, 0.05) is 35.8 Å². The molecule has 0 saturated heterocycles. The zero-order chi connectivity index (χ0) is 24.7. The molecule has 5 heteroatoms. The molecule has 5 nitrogen and oxygen atoms in total. The van der Waals surface area contributed by atoms with E-state index in [9.17, 15) is 4.79 Å². The van der Waals surface area contributed by atoms with Crippen LogP contribution in [0.3, 0.4) is 0 Å². The number of hydrogen-bond acceptors (Lipinski definition) is 3. The second-order valence-electron chi connectivity index (χ2n) is 8.70. The van der Waals surface area contributed by atoms with Gasteiger partial charge in [-0.3, -0.25) is 4.98 Å². The number of rotatable bonds is 4. The molecule has 34 heavy (non-hydrogen) atoms. The third kappa shape index (κ3) is 6.65. The standard InChI is InChI=1S/C20H21N3O.C9H13N/c1-13-7-8-16(9-14(13)2)11-22-20(24)23-19-6-4-5-17-12-21-15(3)10-18(17)19;1-7-3-4-9(6-10)5-8(7)2/h4-10,12H,11H2,1-3H3,(H2,22,23,24);3-5H,6,10H2,1-2H3. The first kappa shape index (κ1) is 24.9. The molecule has 0 bridgehead atoms. The van der Waals surface area contributed by atoms with Gasteiger partial charge in [-0.15, -0.1) is 0 Å².